The van der Waals surface area contributed by atoms with Gasteiger partial charge in [-0.1, -0.05) is 22.4 Å². The van der Waals surface area contributed by atoms with E-state index in [-0.39, 0.29) is 0 Å². The molecule has 0 aromatic heterocycles. The summed E-state index contributed by atoms with van der Waals surface area (Å²) in [7, 11) is 0. The number of carboxylic acids is 1. The van der Waals surface area contributed by atoms with E-state index < -0.39 is 5.97 Å². The molecule has 0 heterocycles. The summed E-state index contributed by atoms with van der Waals surface area (Å²) < 4.78 is 0.926. The maximum absolute atomic E-state index is 11.3. The van der Waals surface area contributed by atoms with Crippen LogP contribution in [-0.4, -0.2) is 24.2 Å². The van der Waals surface area contributed by atoms with Crippen LogP contribution < -0.4 is 4.90 Å². The molecule has 1 N–H and O–H groups in total. The minimum Gasteiger partial charge on any atom is -0.478 e. The molecular weight excluding hydrogens is 294 g/mol. The Bertz CT molecular complexity index is 443. The first kappa shape index (κ1) is 13.4. The number of rotatable bonds is 5. The van der Waals surface area contributed by atoms with Gasteiger partial charge in [0.1, 0.15) is 0 Å². The van der Waals surface area contributed by atoms with E-state index in [1.807, 2.05) is 6.07 Å². The number of nitrogens with zero attached hydrogens (tertiary/aromatic N) is 1. The fraction of sp³-hybridized carbons (Fsp3) is 0.500. The molecule has 0 bridgehead atoms. The second kappa shape index (κ2) is 5.74. The third-order valence-electron chi connectivity index (χ3n) is 3.62. The average Bonchev–Trinajstić information content (AvgIpc) is 2.27. The fourth-order valence-corrected chi connectivity index (χ4v) is 2.68. The molecule has 0 spiro atoms. The highest BCUT2D eigenvalue weighted by molar-refractivity contribution is 9.10. The van der Waals surface area contributed by atoms with Crippen molar-refractivity contribution >= 4 is 27.6 Å². The molecule has 1 aliphatic rings. The molecule has 1 fully saturated rings. The van der Waals surface area contributed by atoms with Crippen LogP contribution in [0.25, 0.3) is 0 Å². The summed E-state index contributed by atoms with van der Waals surface area (Å²) >= 11 is 3.42. The zero-order valence-electron chi connectivity index (χ0n) is 10.5. The van der Waals surface area contributed by atoms with E-state index in [4.69, 9.17) is 0 Å². The van der Waals surface area contributed by atoms with Gasteiger partial charge in [-0.15, -0.1) is 0 Å². The van der Waals surface area contributed by atoms with Crippen LogP contribution >= 0.6 is 15.9 Å². The maximum Gasteiger partial charge on any atom is 0.337 e. The van der Waals surface area contributed by atoms with Crippen LogP contribution in [0.4, 0.5) is 5.69 Å². The van der Waals surface area contributed by atoms with E-state index in [0.717, 1.165) is 29.2 Å². The van der Waals surface area contributed by atoms with E-state index in [2.05, 4.69) is 27.8 Å². The molecule has 1 saturated carbocycles. The summed E-state index contributed by atoms with van der Waals surface area (Å²) in [5.41, 5.74) is 1.21. The minimum atomic E-state index is -0.857. The smallest absolute Gasteiger partial charge is 0.337 e. The minimum absolute atomic E-state index is 0.388. The topological polar surface area (TPSA) is 40.5 Å². The summed E-state index contributed by atoms with van der Waals surface area (Å²) in [5, 5.41) is 9.26. The molecule has 0 radical (unpaired) electrons. The fourth-order valence-electron chi connectivity index (χ4n) is 2.33. The Hall–Kier alpha value is -1.03. The Morgan fingerprint density at radius 3 is 2.72 bits per heavy atom. The number of carbonyl (C=O) groups is 1. The molecule has 0 amide bonds. The Balaban J connectivity index is 2.26. The summed E-state index contributed by atoms with van der Waals surface area (Å²) in [4.78, 5) is 13.5. The molecule has 0 atom stereocenters. The zero-order valence-corrected chi connectivity index (χ0v) is 12.1. The molecule has 3 nitrogen and oxygen atoms in total. The van der Waals surface area contributed by atoms with Gasteiger partial charge in [0.2, 0.25) is 0 Å². The van der Waals surface area contributed by atoms with Crippen LogP contribution in [0, 0.1) is 5.92 Å². The largest absolute Gasteiger partial charge is 0.478 e. The van der Waals surface area contributed by atoms with Gasteiger partial charge < -0.3 is 10.0 Å². The molecule has 4 heteroatoms. The van der Waals surface area contributed by atoms with Gasteiger partial charge in [-0.05, 0) is 43.9 Å². The number of hydrogen-bond acceptors (Lipinski definition) is 2. The van der Waals surface area contributed by atoms with Crippen molar-refractivity contribution in [1.82, 2.24) is 0 Å². The predicted molar refractivity (Wildman–Crippen MR) is 76.3 cm³/mol. The van der Waals surface area contributed by atoms with Gasteiger partial charge in [-0.25, -0.2) is 4.79 Å². The lowest BCUT2D eigenvalue weighted by Gasteiger charge is -2.33. The van der Waals surface area contributed by atoms with Crippen LogP contribution in [0.2, 0.25) is 0 Å². The molecule has 2 rings (SSSR count). The maximum atomic E-state index is 11.3. The van der Waals surface area contributed by atoms with Crippen molar-refractivity contribution in [2.75, 3.05) is 18.0 Å². The first-order chi connectivity index (χ1) is 8.61. The zero-order chi connectivity index (χ0) is 13.1. The number of carboxylic acid groups (broad SMARTS) is 1. The van der Waals surface area contributed by atoms with E-state index in [1.165, 1.54) is 19.3 Å². The van der Waals surface area contributed by atoms with Crippen LogP contribution in [0.1, 0.15) is 36.5 Å². The highest BCUT2D eigenvalue weighted by atomic mass is 79.9. The summed E-state index contributed by atoms with van der Waals surface area (Å²) in [6.45, 7) is 3.88. The molecule has 18 heavy (non-hydrogen) atoms. The third kappa shape index (κ3) is 2.86. The first-order valence-electron chi connectivity index (χ1n) is 6.39. The number of halogens is 1. The van der Waals surface area contributed by atoms with Crippen LogP contribution in [0.3, 0.4) is 0 Å². The van der Waals surface area contributed by atoms with Gasteiger partial charge in [0, 0.05) is 17.6 Å². The Morgan fingerprint density at radius 1 is 1.50 bits per heavy atom. The van der Waals surface area contributed by atoms with E-state index in [0.29, 0.717) is 5.56 Å². The Labute approximate surface area is 116 Å². The molecule has 0 saturated heterocycles. The molecule has 1 aromatic carbocycles. The lowest BCUT2D eigenvalue weighted by atomic mass is 9.85. The van der Waals surface area contributed by atoms with Crippen molar-refractivity contribution in [3.63, 3.8) is 0 Å². The standard InChI is InChI=1S/C14H18BrNO2/c1-2-16(9-10-4-3-5-10)13-8-11(15)6-7-12(13)14(17)18/h6-8,10H,2-5,9H2,1H3,(H,17,18). The van der Waals surface area contributed by atoms with Crippen molar-refractivity contribution in [1.29, 1.82) is 0 Å². The number of hydrogen-bond donors (Lipinski definition) is 1. The number of anilines is 1. The normalized spacial score (nSPS) is 15.2. The molecule has 0 unspecified atom stereocenters. The Morgan fingerprint density at radius 2 is 2.22 bits per heavy atom. The predicted octanol–water partition coefficient (Wildman–Crippen LogP) is 3.77. The summed E-state index contributed by atoms with van der Waals surface area (Å²) in [6.07, 6.45) is 3.85. The average molecular weight is 312 g/mol. The van der Waals surface area contributed by atoms with Gasteiger partial charge in [0.05, 0.1) is 11.3 Å². The second-order valence-corrected chi connectivity index (χ2v) is 5.72. The first-order valence-corrected chi connectivity index (χ1v) is 7.19. The summed E-state index contributed by atoms with van der Waals surface area (Å²) in [6, 6.07) is 5.36. The highest BCUT2D eigenvalue weighted by Gasteiger charge is 2.22. The molecule has 1 aromatic rings. The number of aromatic carboxylic acids is 1. The SMILES string of the molecule is CCN(CC1CCC1)c1cc(Br)ccc1C(=O)O. The van der Waals surface area contributed by atoms with Crippen molar-refractivity contribution in [2.45, 2.75) is 26.2 Å². The van der Waals surface area contributed by atoms with Crippen LogP contribution in [-0.2, 0) is 0 Å². The summed E-state index contributed by atoms with van der Waals surface area (Å²) in [5.74, 6) is -0.130. The van der Waals surface area contributed by atoms with Gasteiger partial charge in [-0.3, -0.25) is 0 Å². The van der Waals surface area contributed by atoms with Crippen molar-refractivity contribution in [2.24, 2.45) is 5.92 Å². The Kier molecular flexibility index (Phi) is 4.27. The highest BCUT2D eigenvalue weighted by Crippen LogP contribution is 2.31. The van der Waals surface area contributed by atoms with Crippen LogP contribution in [0.15, 0.2) is 22.7 Å². The van der Waals surface area contributed by atoms with Gasteiger partial charge in [0.15, 0.2) is 0 Å². The van der Waals surface area contributed by atoms with Crippen molar-refractivity contribution < 1.29 is 9.90 Å². The lowest BCUT2D eigenvalue weighted by Crippen LogP contribution is -2.33. The molecule has 0 aliphatic heterocycles. The van der Waals surface area contributed by atoms with Gasteiger partial charge in [0.25, 0.3) is 0 Å². The van der Waals surface area contributed by atoms with Gasteiger partial charge >= 0.3 is 5.97 Å². The lowest BCUT2D eigenvalue weighted by molar-refractivity contribution is 0.0697. The van der Waals surface area contributed by atoms with Crippen molar-refractivity contribution in [3.8, 4) is 0 Å². The quantitative estimate of drug-likeness (QED) is 0.899. The molecular formula is C14H18BrNO2. The van der Waals surface area contributed by atoms with E-state index >= 15 is 0 Å². The molecule has 98 valence electrons. The molecule has 1 aliphatic carbocycles. The monoisotopic (exact) mass is 311 g/mol. The van der Waals surface area contributed by atoms with Crippen LogP contribution in [0.5, 0.6) is 0 Å². The third-order valence-corrected chi connectivity index (χ3v) is 4.11. The van der Waals surface area contributed by atoms with Crippen molar-refractivity contribution in [3.05, 3.63) is 28.2 Å². The van der Waals surface area contributed by atoms with Gasteiger partial charge in [-0.2, -0.15) is 0 Å². The number of benzene rings is 1. The van der Waals surface area contributed by atoms with E-state index in [9.17, 15) is 9.90 Å². The van der Waals surface area contributed by atoms with E-state index in [1.54, 1.807) is 12.1 Å². The second-order valence-electron chi connectivity index (χ2n) is 4.80.